The average molecular weight is 226 g/mol. The predicted octanol–water partition coefficient (Wildman–Crippen LogP) is 2.47. The molecule has 0 unspecified atom stereocenters. The lowest BCUT2D eigenvalue weighted by atomic mass is 9.92. The van der Waals surface area contributed by atoms with E-state index in [2.05, 4.69) is 11.1 Å². The first-order valence-corrected chi connectivity index (χ1v) is 5.78. The van der Waals surface area contributed by atoms with Crippen molar-refractivity contribution in [3.8, 4) is 11.5 Å². The van der Waals surface area contributed by atoms with Gasteiger partial charge in [-0.05, 0) is 36.2 Å². The fourth-order valence-corrected chi connectivity index (χ4v) is 2.28. The second-order valence-corrected chi connectivity index (χ2v) is 4.26. The van der Waals surface area contributed by atoms with Gasteiger partial charge in [0.25, 0.3) is 0 Å². The average Bonchev–Trinajstić information content (AvgIpc) is 2.54. The summed E-state index contributed by atoms with van der Waals surface area (Å²) >= 11 is 0. The van der Waals surface area contributed by atoms with Gasteiger partial charge in [-0.25, -0.2) is 0 Å². The lowest BCUT2D eigenvalue weighted by Gasteiger charge is -2.13. The molecule has 1 aromatic carbocycles. The minimum absolute atomic E-state index is 0.315. The zero-order valence-corrected chi connectivity index (χ0v) is 9.47. The van der Waals surface area contributed by atoms with E-state index in [1.165, 1.54) is 11.1 Å². The quantitative estimate of drug-likeness (QED) is 0.812. The van der Waals surface area contributed by atoms with Crippen molar-refractivity contribution in [2.24, 2.45) is 5.73 Å². The normalized spacial score (nSPS) is 17.6. The number of benzene rings is 1. The number of fused-ring (bicyclic) bond motifs is 2. The molecule has 0 saturated carbocycles. The van der Waals surface area contributed by atoms with Crippen molar-refractivity contribution in [3.05, 3.63) is 53.9 Å². The van der Waals surface area contributed by atoms with Crippen molar-refractivity contribution >= 4 is 0 Å². The largest absolute Gasteiger partial charge is 0.455 e. The Bertz CT molecular complexity index is 539. The molecule has 3 nitrogen and oxygen atoms in total. The number of pyridine rings is 1. The number of rotatable bonds is 1. The van der Waals surface area contributed by atoms with E-state index in [9.17, 15) is 0 Å². The van der Waals surface area contributed by atoms with E-state index in [0.717, 1.165) is 17.9 Å². The van der Waals surface area contributed by atoms with E-state index in [4.69, 9.17) is 10.5 Å². The van der Waals surface area contributed by atoms with Gasteiger partial charge in [0, 0.05) is 12.1 Å². The Balaban J connectivity index is 2.13. The molecular weight excluding hydrogens is 212 g/mol. The summed E-state index contributed by atoms with van der Waals surface area (Å²) in [7, 11) is 0. The van der Waals surface area contributed by atoms with Gasteiger partial charge in [-0.3, -0.25) is 4.98 Å². The van der Waals surface area contributed by atoms with E-state index in [-0.39, 0.29) is 0 Å². The molecule has 2 aromatic rings. The fourth-order valence-electron chi connectivity index (χ4n) is 2.28. The molecule has 2 heterocycles. The van der Waals surface area contributed by atoms with Gasteiger partial charge < -0.3 is 10.5 Å². The first-order chi connectivity index (χ1) is 8.38. The second-order valence-electron chi connectivity index (χ2n) is 4.26. The van der Waals surface area contributed by atoms with Crippen molar-refractivity contribution in [1.29, 1.82) is 0 Å². The van der Waals surface area contributed by atoms with E-state index >= 15 is 0 Å². The van der Waals surface area contributed by atoms with Crippen LogP contribution in [-0.4, -0.2) is 11.5 Å². The summed E-state index contributed by atoms with van der Waals surface area (Å²) in [6, 6.07) is 10.1. The second kappa shape index (κ2) is 4.18. The Morgan fingerprint density at radius 1 is 1.24 bits per heavy atom. The van der Waals surface area contributed by atoms with Crippen LogP contribution in [0.2, 0.25) is 0 Å². The highest BCUT2D eigenvalue weighted by Gasteiger charge is 2.21. The van der Waals surface area contributed by atoms with Gasteiger partial charge in [-0.15, -0.1) is 0 Å². The molecule has 0 spiro atoms. The summed E-state index contributed by atoms with van der Waals surface area (Å²) in [5, 5.41) is 0. The monoisotopic (exact) mass is 226 g/mol. The standard InChI is InChI=1S/C14H14N2O/c15-8-11-7-10-5-6-16-9-14(10)17-13-4-2-1-3-12(11)13/h1-6,9,11H,7-8,15H2/t11-/m1/s1. The van der Waals surface area contributed by atoms with Gasteiger partial charge in [-0.1, -0.05) is 18.2 Å². The summed E-state index contributed by atoms with van der Waals surface area (Å²) in [5.74, 6) is 2.06. The minimum Gasteiger partial charge on any atom is -0.455 e. The third-order valence-corrected chi connectivity index (χ3v) is 3.20. The zero-order chi connectivity index (χ0) is 11.7. The number of nitrogens with zero attached hydrogens (tertiary/aromatic N) is 1. The molecule has 0 radical (unpaired) electrons. The molecule has 3 rings (SSSR count). The van der Waals surface area contributed by atoms with E-state index in [0.29, 0.717) is 12.5 Å². The SMILES string of the molecule is NC[C@H]1Cc2ccncc2Oc2ccccc21. The molecular formula is C14H14N2O. The van der Waals surface area contributed by atoms with Crippen molar-refractivity contribution in [2.75, 3.05) is 6.54 Å². The van der Waals surface area contributed by atoms with Crippen LogP contribution in [0.3, 0.4) is 0 Å². The molecule has 86 valence electrons. The lowest BCUT2D eigenvalue weighted by Crippen LogP contribution is -2.14. The van der Waals surface area contributed by atoms with Crippen LogP contribution in [0, 0.1) is 0 Å². The maximum absolute atomic E-state index is 5.92. The van der Waals surface area contributed by atoms with Crippen molar-refractivity contribution in [3.63, 3.8) is 0 Å². The molecule has 0 saturated heterocycles. The summed E-state index contributed by atoms with van der Waals surface area (Å²) < 4.78 is 5.92. The Hall–Kier alpha value is -1.87. The van der Waals surface area contributed by atoms with Gasteiger partial charge in [0.05, 0.1) is 6.20 Å². The highest BCUT2D eigenvalue weighted by molar-refractivity contribution is 5.45. The number of aromatic nitrogens is 1. The maximum Gasteiger partial charge on any atom is 0.148 e. The van der Waals surface area contributed by atoms with Crippen molar-refractivity contribution < 1.29 is 4.74 Å². The summed E-state index contributed by atoms with van der Waals surface area (Å²) in [6.07, 6.45) is 4.47. The Morgan fingerprint density at radius 3 is 3.00 bits per heavy atom. The highest BCUT2D eigenvalue weighted by atomic mass is 16.5. The minimum atomic E-state index is 0.315. The van der Waals surface area contributed by atoms with Gasteiger partial charge in [0.15, 0.2) is 0 Å². The zero-order valence-electron chi connectivity index (χ0n) is 9.47. The van der Waals surface area contributed by atoms with Crippen molar-refractivity contribution in [2.45, 2.75) is 12.3 Å². The Morgan fingerprint density at radius 2 is 2.12 bits per heavy atom. The maximum atomic E-state index is 5.92. The fraction of sp³-hybridized carbons (Fsp3) is 0.214. The molecule has 17 heavy (non-hydrogen) atoms. The molecule has 3 heteroatoms. The van der Waals surface area contributed by atoms with Gasteiger partial charge in [0.1, 0.15) is 11.5 Å². The highest BCUT2D eigenvalue weighted by Crippen LogP contribution is 2.38. The van der Waals surface area contributed by atoms with Crippen LogP contribution in [0.25, 0.3) is 0 Å². The van der Waals surface area contributed by atoms with Crippen LogP contribution in [0.5, 0.6) is 11.5 Å². The molecule has 1 aromatic heterocycles. The van der Waals surface area contributed by atoms with E-state index < -0.39 is 0 Å². The van der Waals surface area contributed by atoms with E-state index in [1.807, 2.05) is 24.3 Å². The molecule has 1 aliphatic heterocycles. The van der Waals surface area contributed by atoms with Crippen LogP contribution in [0.4, 0.5) is 0 Å². The van der Waals surface area contributed by atoms with Crippen LogP contribution >= 0.6 is 0 Å². The molecule has 1 atom stereocenters. The molecule has 1 aliphatic rings. The number of nitrogens with two attached hydrogens (primary N) is 1. The molecule has 0 aliphatic carbocycles. The van der Waals surface area contributed by atoms with Gasteiger partial charge in [-0.2, -0.15) is 0 Å². The Labute approximate surface area is 100 Å². The third kappa shape index (κ3) is 1.78. The van der Waals surface area contributed by atoms with Crippen LogP contribution in [0.15, 0.2) is 42.7 Å². The number of hydrogen-bond acceptors (Lipinski definition) is 3. The lowest BCUT2D eigenvalue weighted by molar-refractivity contribution is 0.476. The van der Waals surface area contributed by atoms with Crippen molar-refractivity contribution in [1.82, 2.24) is 4.98 Å². The summed E-state index contributed by atoms with van der Waals surface area (Å²) in [6.45, 7) is 0.627. The van der Waals surface area contributed by atoms with Gasteiger partial charge >= 0.3 is 0 Å². The third-order valence-electron chi connectivity index (χ3n) is 3.20. The summed E-state index contributed by atoms with van der Waals surface area (Å²) in [4.78, 5) is 4.11. The first-order valence-electron chi connectivity index (χ1n) is 5.78. The number of ether oxygens (including phenoxy) is 1. The van der Waals surface area contributed by atoms with Gasteiger partial charge in [0.2, 0.25) is 0 Å². The topological polar surface area (TPSA) is 48.1 Å². The molecule has 0 fully saturated rings. The Kier molecular flexibility index (Phi) is 2.53. The number of para-hydroxylation sites is 1. The van der Waals surface area contributed by atoms with Crippen LogP contribution < -0.4 is 10.5 Å². The first kappa shape index (κ1) is 10.3. The smallest absolute Gasteiger partial charge is 0.148 e. The molecule has 0 bridgehead atoms. The summed E-state index contributed by atoms with van der Waals surface area (Å²) in [5.41, 5.74) is 8.23. The molecule has 2 N–H and O–H groups in total. The predicted molar refractivity (Wildman–Crippen MR) is 66.3 cm³/mol. The molecule has 0 amide bonds. The van der Waals surface area contributed by atoms with Crippen LogP contribution in [-0.2, 0) is 6.42 Å². The number of hydrogen-bond donors (Lipinski definition) is 1. The van der Waals surface area contributed by atoms with E-state index in [1.54, 1.807) is 12.4 Å². The van der Waals surface area contributed by atoms with Crippen LogP contribution in [0.1, 0.15) is 17.0 Å².